The van der Waals surface area contributed by atoms with Gasteiger partial charge in [-0.05, 0) is 25.1 Å². The molecule has 0 atom stereocenters. The van der Waals surface area contributed by atoms with E-state index in [4.69, 9.17) is 9.84 Å². The van der Waals surface area contributed by atoms with E-state index in [0.29, 0.717) is 6.61 Å². The fourth-order valence-electron chi connectivity index (χ4n) is 1.04. The van der Waals surface area contributed by atoms with Gasteiger partial charge in [-0.2, -0.15) is 0 Å². The van der Waals surface area contributed by atoms with Crippen molar-refractivity contribution in [2.45, 2.75) is 6.92 Å². The van der Waals surface area contributed by atoms with Gasteiger partial charge in [0.1, 0.15) is 0 Å². The van der Waals surface area contributed by atoms with Gasteiger partial charge >= 0.3 is 5.97 Å². The second kappa shape index (κ2) is 4.54. The van der Waals surface area contributed by atoms with Gasteiger partial charge in [0.15, 0.2) is 11.6 Å². The summed E-state index contributed by atoms with van der Waals surface area (Å²) in [5.74, 6) is -3.50. The van der Waals surface area contributed by atoms with Crippen molar-refractivity contribution >= 4 is 11.8 Å². The Balaban J connectivity index is 3.01. The molecule has 0 aliphatic heterocycles. The van der Waals surface area contributed by atoms with E-state index in [1.807, 2.05) is 0 Å². The fraction of sp³-hybridized carbons (Fsp3) is 0.200. The molecule has 0 aliphatic rings. The summed E-state index contributed by atoms with van der Waals surface area (Å²) in [6.45, 7) is 1.99. The highest BCUT2D eigenvalue weighted by atomic mass is 19.1. The number of ketones is 1. The van der Waals surface area contributed by atoms with E-state index in [-0.39, 0.29) is 11.3 Å². The first kappa shape index (κ1) is 11.2. The van der Waals surface area contributed by atoms with Crippen molar-refractivity contribution in [2.24, 2.45) is 0 Å². The number of carboxylic acids is 1. The van der Waals surface area contributed by atoms with Gasteiger partial charge in [-0.25, -0.2) is 9.18 Å². The third-order valence-electron chi connectivity index (χ3n) is 1.69. The van der Waals surface area contributed by atoms with Gasteiger partial charge in [-0.1, -0.05) is 0 Å². The van der Waals surface area contributed by atoms with E-state index in [0.717, 1.165) is 6.07 Å². The molecule has 0 heterocycles. The molecule has 0 bridgehead atoms. The second-order valence-corrected chi connectivity index (χ2v) is 2.71. The summed E-state index contributed by atoms with van der Waals surface area (Å²) in [5, 5.41) is 8.40. The number of rotatable bonds is 4. The lowest BCUT2D eigenvalue weighted by molar-refractivity contribution is -0.131. The monoisotopic (exact) mass is 212 g/mol. The maximum Gasteiger partial charge on any atom is 0.377 e. The molecule has 80 valence electrons. The van der Waals surface area contributed by atoms with E-state index in [9.17, 15) is 14.0 Å². The summed E-state index contributed by atoms with van der Waals surface area (Å²) in [6.07, 6.45) is 0. The molecule has 4 nitrogen and oxygen atoms in total. The van der Waals surface area contributed by atoms with Gasteiger partial charge in [0.2, 0.25) is 0 Å². The number of ether oxygens (including phenoxy) is 1. The van der Waals surface area contributed by atoms with Crippen molar-refractivity contribution < 1.29 is 23.8 Å². The number of carboxylic acid groups (broad SMARTS) is 1. The fourth-order valence-corrected chi connectivity index (χ4v) is 1.04. The first-order valence-corrected chi connectivity index (χ1v) is 4.26. The van der Waals surface area contributed by atoms with Gasteiger partial charge in [-0.15, -0.1) is 0 Å². The van der Waals surface area contributed by atoms with Crippen LogP contribution >= 0.6 is 0 Å². The average Bonchev–Trinajstić information content (AvgIpc) is 2.20. The summed E-state index contributed by atoms with van der Waals surface area (Å²) in [5.41, 5.74) is -0.205. The summed E-state index contributed by atoms with van der Waals surface area (Å²) in [6, 6.07) is 3.29. The molecule has 0 saturated heterocycles. The Morgan fingerprint density at radius 3 is 2.60 bits per heavy atom. The maximum atomic E-state index is 13.2. The predicted molar refractivity (Wildman–Crippen MR) is 49.5 cm³/mol. The van der Waals surface area contributed by atoms with Crippen LogP contribution in [0.3, 0.4) is 0 Å². The third-order valence-corrected chi connectivity index (χ3v) is 1.69. The van der Waals surface area contributed by atoms with Crippen LogP contribution in [0.4, 0.5) is 4.39 Å². The number of Topliss-reactive ketones (excluding diaryl/α,β-unsaturated/α-hetero) is 1. The third kappa shape index (κ3) is 2.52. The molecule has 0 radical (unpaired) electrons. The van der Waals surface area contributed by atoms with Gasteiger partial charge in [-0.3, -0.25) is 4.79 Å². The molecule has 0 aromatic heterocycles. The standard InChI is InChI=1S/C10H9FO4/c1-2-15-8-4-3-6(5-7(8)11)9(12)10(13)14/h3-5H,2H2,1H3,(H,13,14). The van der Waals surface area contributed by atoms with Gasteiger partial charge in [0.05, 0.1) is 6.61 Å². The Morgan fingerprint density at radius 1 is 1.47 bits per heavy atom. The lowest BCUT2D eigenvalue weighted by atomic mass is 10.1. The quantitative estimate of drug-likeness (QED) is 0.606. The SMILES string of the molecule is CCOc1ccc(C(=O)C(=O)O)cc1F. The zero-order valence-corrected chi connectivity index (χ0v) is 7.99. The van der Waals surface area contributed by atoms with E-state index in [2.05, 4.69) is 0 Å². The summed E-state index contributed by atoms with van der Waals surface area (Å²) >= 11 is 0. The van der Waals surface area contributed by atoms with Crippen molar-refractivity contribution in [3.63, 3.8) is 0 Å². The lowest BCUT2D eigenvalue weighted by Gasteiger charge is -2.04. The molecule has 0 spiro atoms. The minimum absolute atomic E-state index is 0.000520. The first-order chi connectivity index (χ1) is 7.06. The summed E-state index contributed by atoms with van der Waals surface area (Å²) < 4.78 is 18.1. The summed E-state index contributed by atoms with van der Waals surface area (Å²) in [7, 11) is 0. The molecule has 1 rings (SSSR count). The number of hydrogen-bond acceptors (Lipinski definition) is 3. The smallest absolute Gasteiger partial charge is 0.377 e. The van der Waals surface area contributed by atoms with Crippen molar-refractivity contribution in [1.82, 2.24) is 0 Å². The molecule has 5 heteroatoms. The molecule has 0 fully saturated rings. The molecule has 1 N–H and O–H groups in total. The highest BCUT2D eigenvalue weighted by Gasteiger charge is 2.16. The predicted octanol–water partition coefficient (Wildman–Crippen LogP) is 1.49. The molecular formula is C10H9FO4. The molecule has 15 heavy (non-hydrogen) atoms. The number of carbonyl (C=O) groups excluding carboxylic acids is 1. The van der Waals surface area contributed by atoms with Crippen LogP contribution in [0, 0.1) is 5.82 Å². The topological polar surface area (TPSA) is 63.6 Å². The lowest BCUT2D eigenvalue weighted by Crippen LogP contribution is -2.13. The van der Waals surface area contributed by atoms with E-state index < -0.39 is 17.6 Å². The van der Waals surface area contributed by atoms with Crippen LogP contribution in [0.2, 0.25) is 0 Å². The van der Waals surface area contributed by atoms with Crippen LogP contribution in [0.1, 0.15) is 17.3 Å². The largest absolute Gasteiger partial charge is 0.491 e. The van der Waals surface area contributed by atoms with E-state index in [1.165, 1.54) is 12.1 Å². The Kier molecular flexibility index (Phi) is 3.38. The summed E-state index contributed by atoms with van der Waals surface area (Å²) in [4.78, 5) is 21.3. The van der Waals surface area contributed by atoms with E-state index in [1.54, 1.807) is 6.92 Å². The van der Waals surface area contributed by atoms with Crippen molar-refractivity contribution in [2.75, 3.05) is 6.61 Å². The molecule has 1 aromatic carbocycles. The van der Waals surface area contributed by atoms with E-state index >= 15 is 0 Å². The number of hydrogen-bond donors (Lipinski definition) is 1. The number of benzene rings is 1. The van der Waals surface area contributed by atoms with Crippen LogP contribution in [-0.4, -0.2) is 23.5 Å². The normalized spacial score (nSPS) is 9.73. The first-order valence-electron chi connectivity index (χ1n) is 4.26. The van der Waals surface area contributed by atoms with Crippen molar-refractivity contribution in [3.8, 4) is 5.75 Å². The Bertz CT molecular complexity index is 400. The highest BCUT2D eigenvalue weighted by molar-refractivity contribution is 6.39. The second-order valence-electron chi connectivity index (χ2n) is 2.71. The van der Waals surface area contributed by atoms with Gasteiger partial charge < -0.3 is 9.84 Å². The number of halogens is 1. The van der Waals surface area contributed by atoms with Crippen LogP contribution in [0.5, 0.6) is 5.75 Å². The van der Waals surface area contributed by atoms with Crippen LogP contribution in [0.15, 0.2) is 18.2 Å². The Morgan fingerprint density at radius 2 is 2.13 bits per heavy atom. The number of aliphatic carboxylic acids is 1. The molecule has 0 unspecified atom stereocenters. The molecule has 0 amide bonds. The van der Waals surface area contributed by atoms with Crippen molar-refractivity contribution in [3.05, 3.63) is 29.6 Å². The minimum Gasteiger partial charge on any atom is -0.491 e. The van der Waals surface area contributed by atoms with Crippen LogP contribution in [-0.2, 0) is 4.79 Å². The van der Waals surface area contributed by atoms with Crippen LogP contribution in [0.25, 0.3) is 0 Å². The average molecular weight is 212 g/mol. The molecular weight excluding hydrogens is 203 g/mol. The molecule has 1 aromatic rings. The van der Waals surface area contributed by atoms with Gasteiger partial charge in [0, 0.05) is 5.56 Å². The Labute approximate surface area is 85.3 Å². The zero-order chi connectivity index (χ0) is 11.4. The Hall–Kier alpha value is -1.91. The minimum atomic E-state index is -1.61. The van der Waals surface area contributed by atoms with Gasteiger partial charge in [0.25, 0.3) is 5.78 Å². The van der Waals surface area contributed by atoms with Crippen LogP contribution < -0.4 is 4.74 Å². The zero-order valence-electron chi connectivity index (χ0n) is 7.99. The molecule has 0 aliphatic carbocycles. The highest BCUT2D eigenvalue weighted by Crippen LogP contribution is 2.18. The number of carbonyl (C=O) groups is 2. The maximum absolute atomic E-state index is 13.2. The van der Waals surface area contributed by atoms with Crippen molar-refractivity contribution in [1.29, 1.82) is 0 Å². The molecule has 0 saturated carbocycles.